The molecule has 0 N–H and O–H groups in total. The first-order valence-electron chi connectivity index (χ1n) is 7.48. The summed E-state index contributed by atoms with van der Waals surface area (Å²) in [5.74, 6) is 1.31. The summed E-state index contributed by atoms with van der Waals surface area (Å²) < 4.78 is 6.16. The highest BCUT2D eigenvalue weighted by molar-refractivity contribution is 9.11. The van der Waals surface area contributed by atoms with Gasteiger partial charge in [-0.3, -0.25) is 9.78 Å². The molecule has 0 aliphatic carbocycles. The fourth-order valence-electron chi connectivity index (χ4n) is 2.43. The number of halogens is 1. The van der Waals surface area contributed by atoms with E-state index in [9.17, 15) is 4.79 Å². The number of anilines is 1. The van der Waals surface area contributed by atoms with E-state index >= 15 is 0 Å². The fourth-order valence-corrected chi connectivity index (χ4v) is 3.57. The van der Waals surface area contributed by atoms with E-state index in [1.807, 2.05) is 22.4 Å². The molecule has 0 unspecified atom stereocenters. The molecule has 0 saturated carbocycles. The molecule has 8 heteroatoms. The van der Waals surface area contributed by atoms with Gasteiger partial charge in [0.2, 0.25) is 11.8 Å². The zero-order valence-corrected chi connectivity index (χ0v) is 15.6. The largest absolute Gasteiger partial charge is 0.480 e. The lowest BCUT2D eigenvalue weighted by atomic mass is 10.2. The summed E-state index contributed by atoms with van der Waals surface area (Å²) in [6.45, 7) is 2.78. The van der Waals surface area contributed by atoms with E-state index in [0.717, 1.165) is 28.3 Å². The smallest absolute Gasteiger partial charge is 0.246 e. The topological polar surface area (TPSA) is 58.6 Å². The van der Waals surface area contributed by atoms with Crippen LogP contribution in [0.15, 0.2) is 33.7 Å². The SMILES string of the molecule is COc1cncc(N2CCN(C(=O)C=Cc3csc(Br)c3)CC2)n1. The lowest BCUT2D eigenvalue weighted by molar-refractivity contribution is -0.126. The molecule has 24 heavy (non-hydrogen) atoms. The number of hydrogen-bond donors (Lipinski definition) is 0. The number of piperazine rings is 1. The van der Waals surface area contributed by atoms with E-state index in [1.165, 1.54) is 0 Å². The molecule has 1 amide bonds. The van der Waals surface area contributed by atoms with Crippen molar-refractivity contribution in [2.45, 2.75) is 0 Å². The highest BCUT2D eigenvalue weighted by Gasteiger charge is 2.21. The molecule has 1 aliphatic rings. The van der Waals surface area contributed by atoms with Crippen LogP contribution in [0.1, 0.15) is 5.56 Å². The molecule has 2 aromatic heterocycles. The van der Waals surface area contributed by atoms with Gasteiger partial charge in [-0.1, -0.05) is 0 Å². The van der Waals surface area contributed by atoms with E-state index in [-0.39, 0.29) is 5.91 Å². The van der Waals surface area contributed by atoms with E-state index in [0.29, 0.717) is 19.0 Å². The van der Waals surface area contributed by atoms with Crippen LogP contribution in [-0.4, -0.2) is 54.1 Å². The van der Waals surface area contributed by atoms with E-state index in [4.69, 9.17) is 4.74 Å². The Balaban J connectivity index is 1.56. The Hall–Kier alpha value is -1.93. The van der Waals surface area contributed by atoms with Gasteiger partial charge in [0.05, 0.1) is 23.3 Å². The van der Waals surface area contributed by atoms with Crippen LogP contribution in [-0.2, 0) is 4.79 Å². The third kappa shape index (κ3) is 4.12. The molecule has 3 heterocycles. The number of hydrogen-bond acceptors (Lipinski definition) is 6. The second-order valence-electron chi connectivity index (χ2n) is 5.25. The zero-order chi connectivity index (χ0) is 16.9. The molecule has 0 atom stereocenters. The van der Waals surface area contributed by atoms with Crippen LogP contribution in [0.3, 0.4) is 0 Å². The first kappa shape index (κ1) is 16.9. The van der Waals surface area contributed by atoms with Gasteiger partial charge < -0.3 is 14.5 Å². The molecular weight excluding hydrogens is 392 g/mol. The number of carbonyl (C=O) groups is 1. The molecule has 0 spiro atoms. The van der Waals surface area contributed by atoms with Crippen molar-refractivity contribution in [3.8, 4) is 5.88 Å². The number of amides is 1. The van der Waals surface area contributed by atoms with E-state index in [2.05, 4.69) is 30.8 Å². The lowest BCUT2D eigenvalue weighted by Crippen LogP contribution is -2.48. The maximum absolute atomic E-state index is 12.3. The number of carbonyl (C=O) groups excluding carboxylic acids is 1. The van der Waals surface area contributed by atoms with Crippen molar-refractivity contribution in [3.63, 3.8) is 0 Å². The van der Waals surface area contributed by atoms with Crippen LogP contribution in [0.2, 0.25) is 0 Å². The predicted octanol–water partition coefficient (Wildman–Crippen LogP) is 2.67. The Labute approximate surface area is 152 Å². The third-order valence-electron chi connectivity index (χ3n) is 3.73. The number of nitrogens with zero attached hydrogens (tertiary/aromatic N) is 4. The van der Waals surface area contributed by atoms with Gasteiger partial charge in [0.15, 0.2) is 5.82 Å². The molecule has 6 nitrogen and oxygen atoms in total. The van der Waals surface area contributed by atoms with Gasteiger partial charge in [0.1, 0.15) is 0 Å². The summed E-state index contributed by atoms with van der Waals surface area (Å²) in [5, 5.41) is 2.01. The van der Waals surface area contributed by atoms with Gasteiger partial charge in [-0.25, -0.2) is 0 Å². The molecule has 126 valence electrons. The van der Waals surface area contributed by atoms with Crippen molar-refractivity contribution in [1.82, 2.24) is 14.9 Å². The van der Waals surface area contributed by atoms with Crippen molar-refractivity contribution in [2.75, 3.05) is 38.2 Å². The van der Waals surface area contributed by atoms with Crippen LogP contribution >= 0.6 is 27.3 Å². The Kier molecular flexibility index (Phi) is 5.47. The van der Waals surface area contributed by atoms with Gasteiger partial charge in [-0.05, 0) is 39.0 Å². The number of rotatable bonds is 4. The standard InChI is InChI=1S/C16H17BrN4O2S/c1-23-15-10-18-9-14(19-15)20-4-6-21(7-5-20)16(22)3-2-12-8-13(17)24-11-12/h2-3,8-11H,4-7H2,1H3. The molecule has 0 radical (unpaired) electrons. The number of aromatic nitrogens is 2. The van der Waals surface area contributed by atoms with Crippen molar-refractivity contribution < 1.29 is 9.53 Å². The first-order chi connectivity index (χ1) is 11.7. The Bertz CT molecular complexity index is 741. The minimum atomic E-state index is 0.0358. The summed E-state index contributed by atoms with van der Waals surface area (Å²) in [6.07, 6.45) is 6.78. The number of ether oxygens (including phenoxy) is 1. The van der Waals surface area contributed by atoms with Crippen LogP contribution in [0.4, 0.5) is 5.82 Å². The summed E-state index contributed by atoms with van der Waals surface area (Å²) in [6, 6.07) is 1.99. The zero-order valence-electron chi connectivity index (χ0n) is 13.2. The second kappa shape index (κ2) is 7.76. The molecule has 1 saturated heterocycles. The van der Waals surface area contributed by atoms with Crippen LogP contribution in [0.25, 0.3) is 6.08 Å². The van der Waals surface area contributed by atoms with Gasteiger partial charge in [0, 0.05) is 32.3 Å². The number of thiophene rings is 1. The van der Waals surface area contributed by atoms with Crippen molar-refractivity contribution in [3.05, 3.63) is 39.3 Å². The fraction of sp³-hybridized carbons (Fsp3) is 0.312. The van der Waals surface area contributed by atoms with Gasteiger partial charge >= 0.3 is 0 Å². The maximum atomic E-state index is 12.3. The van der Waals surface area contributed by atoms with Crippen LogP contribution < -0.4 is 9.64 Å². The maximum Gasteiger partial charge on any atom is 0.246 e. The number of methoxy groups -OCH3 is 1. The van der Waals surface area contributed by atoms with Gasteiger partial charge in [-0.15, -0.1) is 11.3 Å². The molecule has 1 fully saturated rings. The third-order valence-corrected chi connectivity index (χ3v) is 5.25. The Morgan fingerprint density at radius 2 is 2.12 bits per heavy atom. The quantitative estimate of drug-likeness (QED) is 0.727. The minimum absolute atomic E-state index is 0.0358. The highest BCUT2D eigenvalue weighted by atomic mass is 79.9. The predicted molar refractivity (Wildman–Crippen MR) is 98.4 cm³/mol. The molecule has 2 aromatic rings. The Morgan fingerprint density at radius 1 is 1.33 bits per heavy atom. The molecular formula is C16H17BrN4O2S. The van der Waals surface area contributed by atoms with Gasteiger partial charge in [-0.2, -0.15) is 4.98 Å². The average Bonchev–Trinajstić information content (AvgIpc) is 3.05. The van der Waals surface area contributed by atoms with Crippen molar-refractivity contribution in [2.24, 2.45) is 0 Å². The monoisotopic (exact) mass is 408 g/mol. The molecule has 0 bridgehead atoms. The first-order valence-corrected chi connectivity index (χ1v) is 9.15. The summed E-state index contributed by atoms with van der Waals surface area (Å²) in [7, 11) is 1.57. The molecule has 0 aromatic carbocycles. The molecule has 3 rings (SSSR count). The second-order valence-corrected chi connectivity index (χ2v) is 7.54. The Morgan fingerprint density at radius 3 is 2.79 bits per heavy atom. The highest BCUT2D eigenvalue weighted by Crippen LogP contribution is 2.21. The van der Waals surface area contributed by atoms with E-state index < -0.39 is 0 Å². The lowest BCUT2D eigenvalue weighted by Gasteiger charge is -2.34. The van der Waals surface area contributed by atoms with Crippen molar-refractivity contribution in [1.29, 1.82) is 0 Å². The summed E-state index contributed by atoms with van der Waals surface area (Å²) in [5.41, 5.74) is 1.03. The van der Waals surface area contributed by atoms with E-state index in [1.54, 1.807) is 36.9 Å². The average molecular weight is 409 g/mol. The minimum Gasteiger partial charge on any atom is -0.480 e. The summed E-state index contributed by atoms with van der Waals surface area (Å²) >= 11 is 5.02. The summed E-state index contributed by atoms with van der Waals surface area (Å²) in [4.78, 5) is 24.8. The van der Waals surface area contributed by atoms with Crippen molar-refractivity contribution >= 4 is 45.1 Å². The molecule has 1 aliphatic heterocycles. The normalized spacial score (nSPS) is 15.1. The van der Waals surface area contributed by atoms with Gasteiger partial charge in [0.25, 0.3) is 0 Å². The van der Waals surface area contributed by atoms with Crippen LogP contribution in [0, 0.1) is 0 Å². The van der Waals surface area contributed by atoms with Crippen LogP contribution in [0.5, 0.6) is 5.88 Å².